The van der Waals surface area contributed by atoms with Crippen LogP contribution in [0.2, 0.25) is 5.02 Å². The standard InChI is InChI=1S/C19H23ClF2N4O2/c1-26-17(15(20)11-24-26)14-10-13(2-3-16(14)28-9-8-23)25-18(27)12-4-6-19(21,22)7-5-12/h2-3,10-12H,4-9,23H2,1H3,(H,25,27). The van der Waals surface area contributed by atoms with Crippen LogP contribution < -0.4 is 15.8 Å². The highest BCUT2D eigenvalue weighted by Gasteiger charge is 2.37. The number of alkyl halides is 2. The Morgan fingerprint density at radius 1 is 1.43 bits per heavy atom. The smallest absolute Gasteiger partial charge is 0.248 e. The lowest BCUT2D eigenvalue weighted by molar-refractivity contribution is -0.124. The predicted octanol–water partition coefficient (Wildman–Crippen LogP) is 3.84. The average molecular weight is 413 g/mol. The third-order valence-electron chi connectivity index (χ3n) is 4.86. The molecular formula is C19H23ClF2N4O2. The first-order valence-corrected chi connectivity index (χ1v) is 9.52. The molecular weight excluding hydrogens is 390 g/mol. The summed E-state index contributed by atoms with van der Waals surface area (Å²) < 4.78 is 34.0. The number of hydrogen-bond acceptors (Lipinski definition) is 4. The summed E-state index contributed by atoms with van der Waals surface area (Å²) in [7, 11) is 1.75. The van der Waals surface area contributed by atoms with E-state index in [2.05, 4.69) is 10.4 Å². The Bertz CT molecular complexity index is 827. The van der Waals surface area contributed by atoms with Gasteiger partial charge in [-0.2, -0.15) is 5.10 Å². The molecule has 9 heteroatoms. The van der Waals surface area contributed by atoms with Gasteiger partial charge in [-0.15, -0.1) is 0 Å². The number of nitrogens with zero attached hydrogens (tertiary/aromatic N) is 2. The Kier molecular flexibility index (Phi) is 6.20. The minimum absolute atomic E-state index is 0.178. The number of carbonyl (C=O) groups is 1. The van der Waals surface area contributed by atoms with E-state index in [1.54, 1.807) is 29.9 Å². The number of aryl methyl sites for hydroxylation is 1. The molecule has 0 bridgehead atoms. The van der Waals surface area contributed by atoms with Crippen molar-refractivity contribution in [3.8, 4) is 17.0 Å². The number of anilines is 1. The normalized spacial score (nSPS) is 16.8. The number of amides is 1. The zero-order valence-corrected chi connectivity index (χ0v) is 16.3. The maximum absolute atomic E-state index is 13.3. The molecule has 1 aromatic heterocycles. The van der Waals surface area contributed by atoms with Crippen LogP contribution in [0.1, 0.15) is 25.7 Å². The van der Waals surface area contributed by atoms with E-state index in [1.807, 2.05) is 0 Å². The summed E-state index contributed by atoms with van der Waals surface area (Å²) in [5.74, 6) is -2.78. The van der Waals surface area contributed by atoms with Crippen molar-refractivity contribution in [1.29, 1.82) is 0 Å². The van der Waals surface area contributed by atoms with Crippen LogP contribution in [-0.4, -0.2) is 34.8 Å². The molecule has 3 N–H and O–H groups in total. The highest BCUT2D eigenvalue weighted by molar-refractivity contribution is 6.33. The highest BCUT2D eigenvalue weighted by atomic mass is 35.5. The van der Waals surface area contributed by atoms with E-state index in [4.69, 9.17) is 22.1 Å². The van der Waals surface area contributed by atoms with Crippen molar-refractivity contribution in [2.45, 2.75) is 31.6 Å². The molecule has 1 saturated carbocycles. The van der Waals surface area contributed by atoms with Gasteiger partial charge < -0.3 is 15.8 Å². The van der Waals surface area contributed by atoms with Gasteiger partial charge in [0, 0.05) is 43.6 Å². The van der Waals surface area contributed by atoms with Gasteiger partial charge in [-0.1, -0.05) is 11.6 Å². The van der Waals surface area contributed by atoms with Crippen molar-refractivity contribution in [2.75, 3.05) is 18.5 Å². The van der Waals surface area contributed by atoms with Gasteiger partial charge in [-0.3, -0.25) is 9.48 Å². The molecule has 1 aromatic carbocycles. The fourth-order valence-corrected chi connectivity index (χ4v) is 3.62. The first-order chi connectivity index (χ1) is 13.3. The third-order valence-corrected chi connectivity index (χ3v) is 5.14. The summed E-state index contributed by atoms with van der Waals surface area (Å²) in [6.07, 6.45) is 1.37. The van der Waals surface area contributed by atoms with Gasteiger partial charge in [0.2, 0.25) is 11.8 Å². The number of aromatic nitrogens is 2. The molecule has 6 nitrogen and oxygen atoms in total. The number of rotatable bonds is 6. The molecule has 1 fully saturated rings. The van der Waals surface area contributed by atoms with Gasteiger partial charge in [-0.25, -0.2) is 8.78 Å². The Hall–Kier alpha value is -2.19. The predicted molar refractivity (Wildman–Crippen MR) is 104 cm³/mol. The molecule has 1 amide bonds. The summed E-state index contributed by atoms with van der Waals surface area (Å²) in [6.45, 7) is 0.674. The molecule has 1 heterocycles. The minimum atomic E-state index is -2.66. The van der Waals surface area contributed by atoms with E-state index in [9.17, 15) is 13.6 Å². The van der Waals surface area contributed by atoms with Crippen LogP contribution in [0.3, 0.4) is 0 Å². The molecule has 2 aromatic rings. The fourth-order valence-electron chi connectivity index (χ4n) is 3.35. The van der Waals surface area contributed by atoms with E-state index in [-0.39, 0.29) is 31.6 Å². The van der Waals surface area contributed by atoms with E-state index >= 15 is 0 Å². The first-order valence-electron chi connectivity index (χ1n) is 9.14. The number of ether oxygens (including phenoxy) is 1. The van der Waals surface area contributed by atoms with Crippen molar-refractivity contribution < 1.29 is 18.3 Å². The van der Waals surface area contributed by atoms with Crippen LogP contribution in [0.4, 0.5) is 14.5 Å². The van der Waals surface area contributed by atoms with Crippen LogP contribution in [0.15, 0.2) is 24.4 Å². The summed E-state index contributed by atoms with van der Waals surface area (Å²) in [6, 6.07) is 5.16. The molecule has 0 radical (unpaired) electrons. The van der Waals surface area contributed by atoms with E-state index < -0.39 is 11.8 Å². The number of benzene rings is 1. The van der Waals surface area contributed by atoms with Crippen LogP contribution in [-0.2, 0) is 11.8 Å². The summed E-state index contributed by atoms with van der Waals surface area (Å²) >= 11 is 6.27. The molecule has 0 saturated heterocycles. The van der Waals surface area contributed by atoms with E-state index in [0.29, 0.717) is 40.9 Å². The van der Waals surface area contributed by atoms with Crippen molar-refractivity contribution in [1.82, 2.24) is 9.78 Å². The Morgan fingerprint density at radius 2 is 2.14 bits per heavy atom. The molecule has 28 heavy (non-hydrogen) atoms. The van der Waals surface area contributed by atoms with Gasteiger partial charge >= 0.3 is 0 Å². The number of nitrogens with one attached hydrogen (secondary N) is 1. The van der Waals surface area contributed by atoms with Gasteiger partial charge in [0.15, 0.2) is 0 Å². The molecule has 1 aliphatic carbocycles. The summed E-state index contributed by atoms with van der Waals surface area (Å²) in [5, 5.41) is 7.41. The van der Waals surface area contributed by atoms with E-state index in [0.717, 1.165) is 0 Å². The van der Waals surface area contributed by atoms with E-state index in [1.165, 1.54) is 6.20 Å². The molecule has 0 atom stereocenters. The lowest BCUT2D eigenvalue weighted by Crippen LogP contribution is -2.31. The quantitative estimate of drug-likeness (QED) is 0.755. The number of carbonyl (C=O) groups excluding carboxylic acids is 1. The second kappa shape index (κ2) is 8.45. The number of nitrogens with two attached hydrogens (primary N) is 1. The van der Waals surface area contributed by atoms with Gasteiger partial charge in [-0.05, 0) is 31.0 Å². The maximum atomic E-state index is 13.3. The molecule has 0 aliphatic heterocycles. The zero-order chi connectivity index (χ0) is 20.3. The maximum Gasteiger partial charge on any atom is 0.248 e. The molecule has 152 valence electrons. The van der Waals surface area contributed by atoms with Crippen LogP contribution in [0.5, 0.6) is 5.75 Å². The minimum Gasteiger partial charge on any atom is -0.492 e. The van der Waals surface area contributed by atoms with Crippen LogP contribution in [0, 0.1) is 5.92 Å². The Balaban J connectivity index is 1.82. The topological polar surface area (TPSA) is 82.2 Å². The first kappa shape index (κ1) is 20.5. The number of halogens is 3. The summed E-state index contributed by atoms with van der Waals surface area (Å²) in [4.78, 5) is 12.5. The number of hydrogen-bond donors (Lipinski definition) is 2. The van der Waals surface area contributed by atoms with Crippen molar-refractivity contribution in [2.24, 2.45) is 18.7 Å². The Labute approximate surface area is 167 Å². The van der Waals surface area contributed by atoms with Gasteiger partial charge in [0.1, 0.15) is 12.4 Å². The molecule has 0 spiro atoms. The monoisotopic (exact) mass is 412 g/mol. The SMILES string of the molecule is Cn1ncc(Cl)c1-c1cc(NC(=O)C2CCC(F)(F)CC2)ccc1OCCN. The van der Waals surface area contributed by atoms with Crippen LogP contribution in [0.25, 0.3) is 11.3 Å². The lowest BCUT2D eigenvalue weighted by Gasteiger charge is -2.27. The lowest BCUT2D eigenvalue weighted by atomic mass is 9.86. The largest absolute Gasteiger partial charge is 0.492 e. The highest BCUT2D eigenvalue weighted by Crippen LogP contribution is 2.38. The third kappa shape index (κ3) is 4.62. The second-order valence-electron chi connectivity index (χ2n) is 6.93. The fraction of sp³-hybridized carbons (Fsp3) is 0.474. The summed E-state index contributed by atoms with van der Waals surface area (Å²) in [5.41, 5.74) is 7.36. The average Bonchev–Trinajstić information content (AvgIpc) is 2.98. The van der Waals surface area contributed by atoms with Gasteiger partial charge in [0.05, 0.1) is 16.9 Å². The van der Waals surface area contributed by atoms with Crippen molar-refractivity contribution >= 4 is 23.2 Å². The van der Waals surface area contributed by atoms with Gasteiger partial charge in [0.25, 0.3) is 0 Å². The second-order valence-corrected chi connectivity index (χ2v) is 7.34. The molecule has 0 unspecified atom stereocenters. The van der Waals surface area contributed by atoms with Crippen molar-refractivity contribution in [3.05, 3.63) is 29.4 Å². The Morgan fingerprint density at radius 3 is 2.75 bits per heavy atom. The zero-order valence-electron chi connectivity index (χ0n) is 15.6. The van der Waals surface area contributed by atoms with Crippen molar-refractivity contribution in [3.63, 3.8) is 0 Å². The van der Waals surface area contributed by atoms with Crippen LogP contribution >= 0.6 is 11.6 Å². The molecule has 1 aliphatic rings. The molecule has 3 rings (SSSR count).